The molecule has 0 spiro atoms. The van der Waals surface area contributed by atoms with Crippen LogP contribution in [0.1, 0.15) is 30.6 Å². The minimum atomic E-state index is 0.803. The van der Waals surface area contributed by atoms with E-state index in [4.69, 9.17) is 0 Å². The summed E-state index contributed by atoms with van der Waals surface area (Å²) < 4.78 is 2.20. The average molecular weight is 286 g/mol. The van der Waals surface area contributed by atoms with E-state index in [1.807, 2.05) is 19.3 Å². The number of fused-ring (bicyclic) bond motifs is 1. The summed E-state index contributed by atoms with van der Waals surface area (Å²) in [7, 11) is 0. The fourth-order valence-corrected chi connectivity index (χ4v) is 2.69. The lowest BCUT2D eigenvalue weighted by molar-refractivity contribution is 0.554. The number of hydrogen-bond acceptors (Lipinski definition) is 5. The lowest BCUT2D eigenvalue weighted by atomic mass is 10.2. The normalized spacial score (nSPS) is 14.1. The fourth-order valence-electron chi connectivity index (χ4n) is 2.69. The first-order valence-electron chi connectivity index (χ1n) is 7.53. The molecule has 6 heteroatoms. The number of aromatic nitrogens is 4. The maximum atomic E-state index is 4.66. The smallest absolute Gasteiger partial charge is 0.137 e. The minimum absolute atomic E-state index is 0.803. The summed E-state index contributed by atoms with van der Waals surface area (Å²) in [4.78, 5) is 15.9. The van der Waals surface area contributed by atoms with Gasteiger partial charge in [-0.3, -0.25) is 0 Å². The van der Waals surface area contributed by atoms with Gasteiger partial charge in [-0.05, 0) is 20.3 Å². The fraction of sp³-hybridized carbons (Fsp3) is 0.533. The minimum Gasteiger partial charge on any atom is -0.370 e. The number of imidazole rings is 1. The molecule has 1 aliphatic rings. The molecule has 0 unspecified atom stereocenters. The number of nitrogens with zero attached hydrogens (tertiary/aromatic N) is 5. The van der Waals surface area contributed by atoms with Crippen LogP contribution in [-0.4, -0.2) is 32.6 Å². The van der Waals surface area contributed by atoms with E-state index in [1.54, 1.807) is 0 Å². The zero-order chi connectivity index (χ0) is 14.8. The van der Waals surface area contributed by atoms with E-state index in [0.29, 0.717) is 0 Å². The summed E-state index contributed by atoms with van der Waals surface area (Å²) in [5, 5.41) is 3.40. The molecule has 0 saturated heterocycles. The predicted molar refractivity (Wildman–Crippen MR) is 83.6 cm³/mol. The Kier molecular flexibility index (Phi) is 3.77. The maximum absolute atomic E-state index is 4.66. The van der Waals surface area contributed by atoms with Crippen LogP contribution in [0.25, 0.3) is 0 Å². The van der Waals surface area contributed by atoms with Gasteiger partial charge in [0.15, 0.2) is 0 Å². The second-order valence-corrected chi connectivity index (χ2v) is 5.45. The molecule has 1 N–H and O–H groups in total. The van der Waals surface area contributed by atoms with Crippen molar-refractivity contribution >= 4 is 11.6 Å². The number of aryl methyl sites for hydroxylation is 1. The Bertz CT molecular complexity index is 633. The Hall–Kier alpha value is -2.11. The zero-order valence-corrected chi connectivity index (χ0v) is 12.9. The predicted octanol–water partition coefficient (Wildman–Crippen LogP) is 2.13. The number of anilines is 2. The van der Waals surface area contributed by atoms with E-state index >= 15 is 0 Å². The van der Waals surface area contributed by atoms with Crippen LogP contribution < -0.4 is 10.2 Å². The molecular weight excluding hydrogens is 264 g/mol. The summed E-state index contributed by atoms with van der Waals surface area (Å²) in [5.74, 6) is 3.88. The first-order chi connectivity index (χ1) is 10.2. The Morgan fingerprint density at radius 2 is 2.10 bits per heavy atom. The van der Waals surface area contributed by atoms with Crippen molar-refractivity contribution in [3.8, 4) is 0 Å². The highest BCUT2D eigenvalue weighted by Crippen LogP contribution is 2.26. The van der Waals surface area contributed by atoms with Crippen molar-refractivity contribution in [3.05, 3.63) is 29.6 Å². The molecule has 3 rings (SSSR count). The third kappa shape index (κ3) is 2.70. The highest BCUT2D eigenvalue weighted by molar-refractivity contribution is 5.58. The van der Waals surface area contributed by atoms with E-state index in [-0.39, 0.29) is 0 Å². The van der Waals surface area contributed by atoms with Gasteiger partial charge in [0.05, 0.1) is 6.54 Å². The van der Waals surface area contributed by atoms with Crippen molar-refractivity contribution in [3.63, 3.8) is 0 Å². The van der Waals surface area contributed by atoms with Crippen LogP contribution in [0.4, 0.5) is 11.6 Å². The molecule has 0 saturated carbocycles. The zero-order valence-electron chi connectivity index (χ0n) is 12.9. The average Bonchev–Trinajstić information content (AvgIpc) is 2.95. The molecule has 0 aromatic carbocycles. The van der Waals surface area contributed by atoms with Crippen molar-refractivity contribution in [2.45, 2.75) is 40.3 Å². The standard InChI is InChI=1S/C15H22N6/c1-4-5-17-14-11(2)15(19-12(3)18-14)21-9-8-20-7-6-16-13(20)10-21/h6-7H,4-5,8-10H2,1-3H3,(H,17,18,19). The number of rotatable bonds is 4. The largest absolute Gasteiger partial charge is 0.370 e. The molecule has 0 amide bonds. The summed E-state index contributed by atoms with van der Waals surface area (Å²) in [6, 6.07) is 0. The van der Waals surface area contributed by atoms with Crippen molar-refractivity contribution in [1.82, 2.24) is 19.5 Å². The Morgan fingerprint density at radius 3 is 2.90 bits per heavy atom. The third-order valence-electron chi connectivity index (χ3n) is 3.82. The molecule has 6 nitrogen and oxygen atoms in total. The molecule has 0 aliphatic carbocycles. The first-order valence-corrected chi connectivity index (χ1v) is 7.53. The van der Waals surface area contributed by atoms with E-state index < -0.39 is 0 Å². The van der Waals surface area contributed by atoms with E-state index in [1.165, 1.54) is 0 Å². The lowest BCUT2D eigenvalue weighted by Gasteiger charge is -2.30. The first kappa shape index (κ1) is 13.9. The van der Waals surface area contributed by atoms with Gasteiger partial charge in [0, 0.05) is 37.6 Å². The molecule has 2 aromatic heterocycles. The molecule has 0 bridgehead atoms. The highest BCUT2D eigenvalue weighted by Gasteiger charge is 2.21. The van der Waals surface area contributed by atoms with Crippen LogP contribution in [0.2, 0.25) is 0 Å². The SMILES string of the molecule is CCCNc1nc(C)nc(N2CCn3ccnc3C2)c1C. The van der Waals surface area contributed by atoms with Crippen LogP contribution in [0.3, 0.4) is 0 Å². The van der Waals surface area contributed by atoms with Gasteiger partial charge in [-0.15, -0.1) is 0 Å². The van der Waals surface area contributed by atoms with Crippen LogP contribution in [0, 0.1) is 13.8 Å². The monoisotopic (exact) mass is 286 g/mol. The second kappa shape index (κ2) is 5.71. The van der Waals surface area contributed by atoms with Crippen LogP contribution in [-0.2, 0) is 13.1 Å². The summed E-state index contributed by atoms with van der Waals surface area (Å²) >= 11 is 0. The molecular formula is C15H22N6. The van der Waals surface area contributed by atoms with Gasteiger partial charge in [-0.1, -0.05) is 6.92 Å². The number of nitrogens with one attached hydrogen (secondary N) is 1. The molecule has 21 heavy (non-hydrogen) atoms. The van der Waals surface area contributed by atoms with E-state index in [9.17, 15) is 0 Å². The summed E-state index contributed by atoms with van der Waals surface area (Å²) in [6.07, 6.45) is 4.99. The van der Waals surface area contributed by atoms with E-state index in [0.717, 1.165) is 61.4 Å². The molecule has 2 aromatic rings. The van der Waals surface area contributed by atoms with Gasteiger partial charge in [0.25, 0.3) is 0 Å². The molecule has 1 aliphatic heterocycles. The molecule has 112 valence electrons. The third-order valence-corrected chi connectivity index (χ3v) is 3.82. The van der Waals surface area contributed by atoms with Crippen LogP contribution >= 0.6 is 0 Å². The van der Waals surface area contributed by atoms with Gasteiger partial charge < -0.3 is 14.8 Å². The quantitative estimate of drug-likeness (QED) is 0.933. The molecule has 0 atom stereocenters. The van der Waals surface area contributed by atoms with Crippen molar-refractivity contribution < 1.29 is 0 Å². The van der Waals surface area contributed by atoms with Gasteiger partial charge in [0.2, 0.25) is 0 Å². The Balaban J connectivity index is 1.90. The summed E-state index contributed by atoms with van der Waals surface area (Å²) in [5.41, 5.74) is 1.12. The lowest BCUT2D eigenvalue weighted by Crippen LogP contribution is -2.35. The van der Waals surface area contributed by atoms with Crippen LogP contribution in [0.5, 0.6) is 0 Å². The van der Waals surface area contributed by atoms with Crippen molar-refractivity contribution in [2.75, 3.05) is 23.3 Å². The summed E-state index contributed by atoms with van der Waals surface area (Å²) in [6.45, 7) is 9.84. The topological polar surface area (TPSA) is 58.9 Å². The second-order valence-electron chi connectivity index (χ2n) is 5.45. The maximum Gasteiger partial charge on any atom is 0.137 e. The van der Waals surface area contributed by atoms with Crippen molar-refractivity contribution in [1.29, 1.82) is 0 Å². The van der Waals surface area contributed by atoms with E-state index in [2.05, 4.69) is 43.6 Å². The molecule has 3 heterocycles. The van der Waals surface area contributed by atoms with Gasteiger partial charge in [0.1, 0.15) is 23.3 Å². The number of hydrogen-bond donors (Lipinski definition) is 1. The molecule has 0 radical (unpaired) electrons. The Morgan fingerprint density at radius 1 is 1.24 bits per heavy atom. The highest BCUT2D eigenvalue weighted by atomic mass is 15.3. The van der Waals surface area contributed by atoms with Crippen LogP contribution in [0.15, 0.2) is 12.4 Å². The van der Waals surface area contributed by atoms with Crippen molar-refractivity contribution in [2.24, 2.45) is 0 Å². The van der Waals surface area contributed by atoms with Gasteiger partial charge in [-0.25, -0.2) is 15.0 Å². The van der Waals surface area contributed by atoms with Gasteiger partial charge in [-0.2, -0.15) is 0 Å². The molecule has 0 fully saturated rings. The van der Waals surface area contributed by atoms with Gasteiger partial charge >= 0.3 is 0 Å². The Labute approximate surface area is 125 Å².